The van der Waals surface area contributed by atoms with Crippen molar-refractivity contribution in [3.63, 3.8) is 0 Å². The zero-order chi connectivity index (χ0) is 22.8. The van der Waals surface area contributed by atoms with Crippen molar-refractivity contribution in [3.8, 4) is 11.1 Å². The van der Waals surface area contributed by atoms with E-state index in [1.54, 1.807) is 6.92 Å². The number of nitrogens with zero attached hydrogens (tertiary/aromatic N) is 1. The van der Waals surface area contributed by atoms with Gasteiger partial charge in [0, 0.05) is 31.6 Å². The van der Waals surface area contributed by atoms with Crippen molar-refractivity contribution in [1.29, 1.82) is 0 Å². The molecule has 5 rings (SSSR count). The topological polar surface area (TPSA) is 58.6 Å². The van der Waals surface area contributed by atoms with Crippen LogP contribution in [0.1, 0.15) is 35.1 Å². The molecule has 0 spiro atoms. The van der Waals surface area contributed by atoms with Gasteiger partial charge in [0.05, 0.1) is 0 Å². The van der Waals surface area contributed by atoms with Crippen LogP contribution in [0.2, 0.25) is 0 Å². The van der Waals surface area contributed by atoms with Gasteiger partial charge < -0.3 is 15.0 Å². The van der Waals surface area contributed by atoms with Gasteiger partial charge >= 0.3 is 6.09 Å². The number of ether oxygens (including phenoxy) is 1. The number of hydrogen-bond acceptors (Lipinski definition) is 3. The number of amides is 2. The van der Waals surface area contributed by atoms with Crippen LogP contribution in [0.25, 0.3) is 17.2 Å². The molecule has 2 aliphatic rings. The maximum Gasteiger partial charge on any atom is 0.407 e. The quantitative estimate of drug-likeness (QED) is 0.600. The average Bonchev–Trinajstić information content (AvgIpc) is 3.40. The second kappa shape index (κ2) is 8.94. The van der Waals surface area contributed by atoms with E-state index in [-0.39, 0.29) is 11.8 Å². The monoisotopic (exact) mass is 438 g/mol. The van der Waals surface area contributed by atoms with Crippen molar-refractivity contribution < 1.29 is 14.3 Å². The lowest BCUT2D eigenvalue weighted by Crippen LogP contribution is -2.26. The summed E-state index contributed by atoms with van der Waals surface area (Å²) in [6.45, 7) is 3.02. The zero-order valence-electron chi connectivity index (χ0n) is 18.6. The molecule has 0 aromatic heterocycles. The van der Waals surface area contributed by atoms with Crippen LogP contribution in [-0.4, -0.2) is 31.7 Å². The van der Waals surface area contributed by atoms with Gasteiger partial charge in [0.1, 0.15) is 6.61 Å². The summed E-state index contributed by atoms with van der Waals surface area (Å²) in [6, 6.07) is 22.7. The van der Waals surface area contributed by atoms with Crippen LogP contribution in [0.5, 0.6) is 0 Å². The highest BCUT2D eigenvalue weighted by atomic mass is 16.5. The summed E-state index contributed by atoms with van der Waals surface area (Å²) in [5, 5.41) is 2.80. The molecule has 0 unspecified atom stereocenters. The molecule has 1 aliphatic carbocycles. The Kier molecular flexibility index (Phi) is 5.69. The second-order valence-electron chi connectivity index (χ2n) is 8.42. The predicted octanol–water partition coefficient (Wildman–Crippen LogP) is 5.15. The highest BCUT2D eigenvalue weighted by molar-refractivity contribution is 5.94. The summed E-state index contributed by atoms with van der Waals surface area (Å²) < 4.78 is 5.57. The Morgan fingerprint density at radius 3 is 2.42 bits per heavy atom. The molecular weight excluding hydrogens is 412 g/mol. The number of rotatable bonds is 5. The van der Waals surface area contributed by atoms with Gasteiger partial charge in [-0.25, -0.2) is 4.79 Å². The summed E-state index contributed by atoms with van der Waals surface area (Å²) in [6.07, 6.45) is 4.32. The number of fused-ring (bicyclic) bond motifs is 4. The first-order valence-electron chi connectivity index (χ1n) is 11.3. The third-order valence-electron chi connectivity index (χ3n) is 6.40. The van der Waals surface area contributed by atoms with E-state index in [2.05, 4.69) is 35.6 Å². The minimum absolute atomic E-state index is 0.0553. The van der Waals surface area contributed by atoms with Crippen molar-refractivity contribution in [1.82, 2.24) is 5.32 Å². The fraction of sp³-hybridized carbons (Fsp3) is 0.214. The van der Waals surface area contributed by atoms with Gasteiger partial charge in [-0.2, -0.15) is 0 Å². The number of anilines is 1. The third-order valence-corrected chi connectivity index (χ3v) is 6.40. The van der Waals surface area contributed by atoms with Crippen molar-refractivity contribution in [2.24, 2.45) is 0 Å². The first-order valence-corrected chi connectivity index (χ1v) is 11.3. The Balaban J connectivity index is 1.15. The maximum atomic E-state index is 12.3. The van der Waals surface area contributed by atoms with Gasteiger partial charge in [0.15, 0.2) is 0 Å². The lowest BCUT2D eigenvalue weighted by molar-refractivity contribution is -0.116. The Labute approximate surface area is 193 Å². The molecule has 5 nitrogen and oxygen atoms in total. The van der Waals surface area contributed by atoms with Crippen LogP contribution in [0.15, 0.2) is 72.8 Å². The fourth-order valence-corrected chi connectivity index (χ4v) is 4.84. The minimum Gasteiger partial charge on any atom is -0.449 e. The van der Waals surface area contributed by atoms with E-state index in [4.69, 9.17) is 4.74 Å². The number of carbonyl (C=O) groups excluding carboxylic acids is 2. The number of alkyl carbamates (subject to hydrolysis) is 1. The van der Waals surface area contributed by atoms with Crippen molar-refractivity contribution >= 4 is 23.8 Å². The third kappa shape index (κ3) is 4.14. The van der Waals surface area contributed by atoms with Crippen LogP contribution in [0.3, 0.4) is 0 Å². The summed E-state index contributed by atoms with van der Waals surface area (Å²) in [7, 11) is 0. The summed E-state index contributed by atoms with van der Waals surface area (Å²) in [4.78, 5) is 25.8. The second-order valence-corrected chi connectivity index (χ2v) is 8.42. The maximum absolute atomic E-state index is 12.3. The van der Waals surface area contributed by atoms with Gasteiger partial charge in [-0.1, -0.05) is 66.7 Å². The first kappa shape index (κ1) is 21.0. The molecule has 3 aromatic carbocycles. The van der Waals surface area contributed by atoms with E-state index >= 15 is 0 Å². The SMILES string of the molecule is CC(=O)N1CCc2cc(C=CCNC(=O)OCC3c4ccccc4-c4ccccc43)ccc21. The lowest BCUT2D eigenvalue weighted by atomic mass is 9.98. The Morgan fingerprint density at radius 2 is 1.73 bits per heavy atom. The normalized spacial score (nSPS) is 14.2. The summed E-state index contributed by atoms with van der Waals surface area (Å²) in [5.41, 5.74) is 8.05. The lowest BCUT2D eigenvalue weighted by Gasteiger charge is -2.14. The van der Waals surface area contributed by atoms with Crippen LogP contribution in [-0.2, 0) is 16.0 Å². The number of benzene rings is 3. The molecule has 5 heteroatoms. The standard InChI is InChI=1S/C28H26N2O3/c1-19(31)30-16-14-21-17-20(12-13-27(21)30)7-6-15-29-28(32)33-18-26-24-10-4-2-8-22(24)23-9-3-5-11-25(23)26/h2-13,17,26H,14-16,18H2,1H3,(H,29,32). The molecule has 33 heavy (non-hydrogen) atoms. The number of hydrogen-bond donors (Lipinski definition) is 1. The molecule has 0 radical (unpaired) electrons. The number of carbonyl (C=O) groups is 2. The highest BCUT2D eigenvalue weighted by Crippen LogP contribution is 2.44. The van der Waals surface area contributed by atoms with Gasteiger partial charge in [-0.15, -0.1) is 0 Å². The molecule has 0 atom stereocenters. The van der Waals surface area contributed by atoms with Gasteiger partial charge in [-0.3, -0.25) is 4.79 Å². The Morgan fingerprint density at radius 1 is 1.03 bits per heavy atom. The molecule has 1 aliphatic heterocycles. The van der Waals surface area contributed by atoms with E-state index in [0.717, 1.165) is 24.2 Å². The molecule has 0 saturated heterocycles. The van der Waals surface area contributed by atoms with Gasteiger partial charge in [0.25, 0.3) is 0 Å². The number of nitrogens with one attached hydrogen (secondary N) is 1. The molecule has 0 fully saturated rings. The predicted molar refractivity (Wildman–Crippen MR) is 130 cm³/mol. The fourth-order valence-electron chi connectivity index (χ4n) is 4.84. The van der Waals surface area contributed by atoms with E-state index < -0.39 is 6.09 Å². The van der Waals surface area contributed by atoms with Gasteiger partial charge in [0.2, 0.25) is 5.91 Å². The van der Waals surface area contributed by atoms with Crippen LogP contribution >= 0.6 is 0 Å². The van der Waals surface area contributed by atoms with E-state index in [0.29, 0.717) is 13.2 Å². The smallest absolute Gasteiger partial charge is 0.407 e. The largest absolute Gasteiger partial charge is 0.449 e. The molecule has 3 aromatic rings. The summed E-state index contributed by atoms with van der Waals surface area (Å²) in [5.74, 6) is 0.129. The minimum atomic E-state index is -0.424. The summed E-state index contributed by atoms with van der Waals surface area (Å²) >= 11 is 0. The first-order chi connectivity index (χ1) is 16.1. The van der Waals surface area contributed by atoms with Crippen molar-refractivity contribution in [3.05, 3.63) is 95.1 Å². The highest BCUT2D eigenvalue weighted by Gasteiger charge is 2.29. The van der Waals surface area contributed by atoms with Crippen LogP contribution in [0, 0.1) is 0 Å². The zero-order valence-corrected chi connectivity index (χ0v) is 18.6. The Bertz CT molecular complexity index is 1200. The molecule has 2 amide bonds. The van der Waals surface area contributed by atoms with E-state index in [1.807, 2.05) is 53.5 Å². The van der Waals surface area contributed by atoms with Crippen LogP contribution < -0.4 is 10.2 Å². The van der Waals surface area contributed by atoms with Crippen molar-refractivity contribution in [2.45, 2.75) is 19.3 Å². The van der Waals surface area contributed by atoms with Crippen molar-refractivity contribution in [2.75, 3.05) is 24.6 Å². The molecular formula is C28H26N2O3. The van der Waals surface area contributed by atoms with Gasteiger partial charge in [-0.05, 0) is 51.9 Å². The molecule has 0 saturated carbocycles. The van der Waals surface area contributed by atoms with Crippen LogP contribution in [0.4, 0.5) is 10.5 Å². The molecule has 0 bridgehead atoms. The van der Waals surface area contributed by atoms with E-state index in [1.165, 1.54) is 27.8 Å². The molecule has 1 N–H and O–H groups in total. The molecule has 1 heterocycles. The average molecular weight is 439 g/mol. The Hall–Kier alpha value is -3.86. The molecule has 166 valence electrons. The van der Waals surface area contributed by atoms with E-state index in [9.17, 15) is 9.59 Å².